The molecule has 2 fully saturated rings. The van der Waals surface area contributed by atoms with Gasteiger partial charge in [0, 0.05) is 29.0 Å². The van der Waals surface area contributed by atoms with Crippen LogP contribution in [0.5, 0.6) is 5.75 Å². The summed E-state index contributed by atoms with van der Waals surface area (Å²) in [6.45, 7) is 6.22. The highest BCUT2D eigenvalue weighted by Crippen LogP contribution is 2.58. The standard InChI is InChI=1S/C30H34Cl2FNO4/c1-29(2,3)15-24-30(20-12-9-17(31)14-23(20)38-28(30)37)25(19-5-4-6-21(32)26(19)33)27(34-24)22(36)13-16-7-10-18(35)11-8-16/h4-6,9,12,14,16,18,24-25,27,34-35H,7-8,10-11,13,15H2,1-3H3/t16?,18?,24-,25+,27+,30+/m1/s1. The number of fused-ring (bicyclic) bond motifs is 2. The van der Waals surface area contributed by atoms with Gasteiger partial charge in [0.2, 0.25) is 0 Å². The van der Waals surface area contributed by atoms with Crippen molar-refractivity contribution in [2.24, 2.45) is 11.3 Å². The van der Waals surface area contributed by atoms with Crippen LogP contribution in [0, 0.1) is 17.2 Å². The molecule has 0 radical (unpaired) electrons. The largest absolute Gasteiger partial charge is 0.425 e. The smallest absolute Gasteiger partial charge is 0.324 e. The molecular weight excluding hydrogens is 528 g/mol. The van der Waals surface area contributed by atoms with E-state index in [4.69, 9.17) is 27.9 Å². The molecule has 1 aliphatic carbocycles. The van der Waals surface area contributed by atoms with Crippen molar-refractivity contribution in [1.82, 2.24) is 5.32 Å². The minimum Gasteiger partial charge on any atom is -0.425 e. The molecule has 2 aromatic carbocycles. The molecule has 0 bridgehead atoms. The number of benzene rings is 2. The van der Waals surface area contributed by atoms with Crippen molar-refractivity contribution in [2.75, 3.05) is 0 Å². The van der Waals surface area contributed by atoms with Crippen LogP contribution in [0.3, 0.4) is 0 Å². The van der Waals surface area contributed by atoms with Crippen LogP contribution in [0.25, 0.3) is 0 Å². The van der Waals surface area contributed by atoms with Crippen molar-refractivity contribution in [2.45, 2.75) is 88.8 Å². The van der Waals surface area contributed by atoms with Crippen LogP contribution >= 0.6 is 23.2 Å². The topological polar surface area (TPSA) is 75.6 Å². The van der Waals surface area contributed by atoms with Crippen LogP contribution in [0.2, 0.25) is 10.0 Å². The highest BCUT2D eigenvalue weighted by molar-refractivity contribution is 6.31. The summed E-state index contributed by atoms with van der Waals surface area (Å²) in [5, 5.41) is 13.8. The molecular formula is C30H34Cl2FNO4. The van der Waals surface area contributed by atoms with E-state index in [1.54, 1.807) is 30.3 Å². The summed E-state index contributed by atoms with van der Waals surface area (Å²) in [5.74, 6) is -1.61. The van der Waals surface area contributed by atoms with E-state index in [0.717, 1.165) is 12.8 Å². The second kappa shape index (κ2) is 10.2. The van der Waals surface area contributed by atoms with Gasteiger partial charge in [-0.05, 0) is 67.2 Å². The normalized spacial score (nSPS) is 30.9. The molecule has 3 aliphatic rings. The number of hydrogen-bond donors (Lipinski definition) is 2. The number of carbonyl (C=O) groups is 2. The van der Waals surface area contributed by atoms with Gasteiger partial charge in [-0.1, -0.05) is 62.2 Å². The minimum absolute atomic E-state index is 0.0629. The number of rotatable bonds is 5. The molecule has 38 heavy (non-hydrogen) atoms. The Hall–Kier alpha value is -1.99. The van der Waals surface area contributed by atoms with Crippen LogP contribution in [0.15, 0.2) is 36.4 Å². The van der Waals surface area contributed by atoms with E-state index in [0.29, 0.717) is 42.0 Å². The van der Waals surface area contributed by atoms with Gasteiger partial charge in [0.05, 0.1) is 17.2 Å². The van der Waals surface area contributed by atoms with Crippen molar-refractivity contribution in [3.63, 3.8) is 0 Å². The molecule has 1 spiro atoms. The number of ketones is 1. The molecule has 1 saturated heterocycles. The number of aliphatic hydroxyl groups is 1. The van der Waals surface area contributed by atoms with Gasteiger partial charge in [0.1, 0.15) is 17.0 Å². The zero-order chi connectivity index (χ0) is 27.4. The maximum atomic E-state index is 15.8. The van der Waals surface area contributed by atoms with Crippen molar-refractivity contribution >= 4 is 35.0 Å². The first-order valence-electron chi connectivity index (χ1n) is 13.3. The molecule has 5 nitrogen and oxygen atoms in total. The maximum absolute atomic E-state index is 15.8. The summed E-state index contributed by atoms with van der Waals surface area (Å²) in [7, 11) is 0. The van der Waals surface area contributed by atoms with Crippen LogP contribution < -0.4 is 10.1 Å². The number of halogens is 3. The Bertz CT molecular complexity index is 1250. The lowest BCUT2D eigenvalue weighted by molar-refractivity contribution is -0.139. The molecule has 0 aromatic heterocycles. The third kappa shape index (κ3) is 4.78. The van der Waals surface area contributed by atoms with E-state index >= 15 is 4.39 Å². The zero-order valence-electron chi connectivity index (χ0n) is 21.9. The molecule has 8 heteroatoms. The fourth-order valence-electron chi connectivity index (χ4n) is 6.82. The predicted molar refractivity (Wildman–Crippen MR) is 145 cm³/mol. The van der Waals surface area contributed by atoms with Crippen LogP contribution in [-0.4, -0.2) is 35.0 Å². The number of esters is 1. The summed E-state index contributed by atoms with van der Waals surface area (Å²) < 4.78 is 21.6. The summed E-state index contributed by atoms with van der Waals surface area (Å²) >= 11 is 12.5. The first kappa shape index (κ1) is 27.6. The first-order valence-corrected chi connectivity index (χ1v) is 14.1. The van der Waals surface area contributed by atoms with Crippen LogP contribution in [-0.2, 0) is 15.0 Å². The lowest BCUT2D eigenvalue weighted by atomic mass is 9.62. The van der Waals surface area contributed by atoms with Crippen molar-refractivity contribution < 1.29 is 23.8 Å². The summed E-state index contributed by atoms with van der Waals surface area (Å²) in [6, 6.07) is 8.49. The Labute approximate surface area is 233 Å². The molecule has 0 amide bonds. The molecule has 2 N–H and O–H groups in total. The van der Waals surface area contributed by atoms with Gasteiger partial charge in [0.15, 0.2) is 5.78 Å². The third-order valence-electron chi connectivity index (χ3n) is 8.47. The van der Waals surface area contributed by atoms with Gasteiger partial charge >= 0.3 is 5.97 Å². The van der Waals surface area contributed by atoms with E-state index in [2.05, 4.69) is 26.1 Å². The van der Waals surface area contributed by atoms with E-state index in [9.17, 15) is 14.7 Å². The second-order valence-electron chi connectivity index (χ2n) is 12.3. The van der Waals surface area contributed by atoms with Crippen molar-refractivity contribution in [3.05, 3.63) is 63.4 Å². The van der Waals surface area contributed by atoms with E-state index in [-0.39, 0.29) is 33.8 Å². The molecule has 2 aliphatic heterocycles. The Kier molecular flexibility index (Phi) is 7.40. The Morgan fingerprint density at radius 3 is 2.55 bits per heavy atom. The molecule has 1 saturated carbocycles. The first-order chi connectivity index (χ1) is 17.9. The van der Waals surface area contributed by atoms with Crippen molar-refractivity contribution in [1.29, 1.82) is 0 Å². The van der Waals surface area contributed by atoms with Crippen LogP contribution in [0.4, 0.5) is 4.39 Å². The number of Topliss-reactive ketones (excluding diaryl/α,β-unsaturated/α-hetero) is 1. The minimum atomic E-state index is -1.35. The van der Waals surface area contributed by atoms with Crippen molar-refractivity contribution in [3.8, 4) is 5.75 Å². The highest BCUT2D eigenvalue weighted by atomic mass is 35.5. The fraction of sp³-hybridized carbons (Fsp3) is 0.533. The molecule has 2 heterocycles. The predicted octanol–water partition coefficient (Wildman–Crippen LogP) is 6.36. The summed E-state index contributed by atoms with van der Waals surface area (Å²) in [6.07, 6.45) is 3.37. The maximum Gasteiger partial charge on any atom is 0.324 e. The van der Waals surface area contributed by atoms with Gasteiger partial charge in [-0.15, -0.1) is 0 Å². The quantitative estimate of drug-likeness (QED) is 0.328. The van der Waals surface area contributed by atoms with E-state index in [1.165, 1.54) is 6.07 Å². The van der Waals surface area contributed by atoms with Gasteiger partial charge in [-0.2, -0.15) is 0 Å². The van der Waals surface area contributed by atoms with Gasteiger partial charge in [-0.25, -0.2) is 4.39 Å². The second-order valence-corrected chi connectivity index (χ2v) is 13.2. The Morgan fingerprint density at radius 1 is 1.16 bits per heavy atom. The van der Waals surface area contributed by atoms with Gasteiger partial charge in [-0.3, -0.25) is 9.59 Å². The number of nitrogens with one attached hydrogen (secondary N) is 1. The van der Waals surface area contributed by atoms with Gasteiger partial charge in [0.25, 0.3) is 0 Å². The average Bonchev–Trinajstić information content (AvgIpc) is 3.31. The molecule has 5 rings (SSSR count). The number of hydrogen-bond acceptors (Lipinski definition) is 5. The lowest BCUT2D eigenvalue weighted by Gasteiger charge is -2.36. The summed E-state index contributed by atoms with van der Waals surface area (Å²) in [5.41, 5.74) is -0.732. The van der Waals surface area contributed by atoms with E-state index < -0.39 is 35.2 Å². The number of aliphatic hydroxyl groups excluding tert-OH is 1. The molecule has 4 atom stereocenters. The molecule has 204 valence electrons. The Balaban J connectivity index is 1.67. The lowest BCUT2D eigenvalue weighted by Crippen LogP contribution is -2.49. The molecule has 0 unspecified atom stereocenters. The number of carbonyl (C=O) groups excluding carboxylic acids is 2. The third-order valence-corrected chi connectivity index (χ3v) is 9.00. The van der Waals surface area contributed by atoms with Crippen LogP contribution in [0.1, 0.15) is 76.3 Å². The average molecular weight is 563 g/mol. The van der Waals surface area contributed by atoms with E-state index in [1.807, 2.05) is 0 Å². The number of ether oxygens (including phenoxy) is 1. The monoisotopic (exact) mass is 561 g/mol. The highest BCUT2D eigenvalue weighted by Gasteiger charge is 2.67. The zero-order valence-corrected chi connectivity index (χ0v) is 23.4. The summed E-state index contributed by atoms with van der Waals surface area (Å²) in [4.78, 5) is 28.1. The Morgan fingerprint density at radius 2 is 1.87 bits per heavy atom. The fourth-order valence-corrected chi connectivity index (χ4v) is 7.17. The molecule has 2 aromatic rings. The van der Waals surface area contributed by atoms with Gasteiger partial charge < -0.3 is 15.2 Å². The SMILES string of the molecule is CC(C)(C)C[C@H]1N[C@@H](C(=O)CC2CCC(O)CC2)[C@H](c2cccc(Cl)c2F)[C@@]12C(=O)Oc1cc(Cl)ccc12.